The lowest BCUT2D eigenvalue weighted by Crippen LogP contribution is -2.37. The maximum Gasteiger partial charge on any atom is 0.164 e. The number of nitrogens with zero attached hydrogens (tertiary/aromatic N) is 4. The minimum atomic E-state index is -0.249. The number of hydrogen-bond donors (Lipinski definition) is 1. The fourth-order valence-electron chi connectivity index (χ4n) is 3.31. The number of halogens is 1. The van der Waals surface area contributed by atoms with E-state index < -0.39 is 0 Å². The van der Waals surface area contributed by atoms with E-state index in [9.17, 15) is 4.39 Å². The topological polar surface area (TPSA) is 68.8 Å². The number of fused-ring (bicyclic) bond motifs is 1. The zero-order chi connectivity index (χ0) is 17.4. The summed E-state index contributed by atoms with van der Waals surface area (Å²) in [4.78, 5) is 0. The molecule has 3 aromatic rings. The monoisotopic (exact) mass is 341 g/mol. The Labute approximate surface area is 145 Å². The first-order chi connectivity index (χ1) is 12.1. The molecule has 25 heavy (non-hydrogen) atoms. The molecule has 0 aliphatic carbocycles. The summed E-state index contributed by atoms with van der Waals surface area (Å²) >= 11 is 0. The molecule has 0 unspecified atom stereocenters. The highest BCUT2D eigenvalue weighted by Gasteiger charge is 2.23. The third kappa shape index (κ3) is 3.07. The second-order valence-electron chi connectivity index (χ2n) is 6.48. The van der Waals surface area contributed by atoms with Gasteiger partial charge in [-0.15, -0.1) is 10.2 Å². The van der Waals surface area contributed by atoms with E-state index >= 15 is 0 Å². The van der Waals surface area contributed by atoms with Gasteiger partial charge in [0.15, 0.2) is 5.82 Å². The van der Waals surface area contributed by atoms with E-state index in [0.29, 0.717) is 6.04 Å². The zero-order valence-corrected chi connectivity index (χ0v) is 14.3. The molecular weight excluding hydrogens is 321 g/mol. The molecule has 7 heteroatoms. The minimum absolute atomic E-state index is 0.249. The molecule has 0 radical (unpaired) electrons. The van der Waals surface area contributed by atoms with Crippen LogP contribution in [0.4, 0.5) is 4.39 Å². The van der Waals surface area contributed by atoms with Crippen molar-refractivity contribution in [3.63, 3.8) is 0 Å². The Morgan fingerprint density at radius 1 is 1.24 bits per heavy atom. The van der Waals surface area contributed by atoms with Crippen molar-refractivity contribution >= 4 is 0 Å². The van der Waals surface area contributed by atoms with Crippen molar-refractivity contribution in [2.75, 3.05) is 0 Å². The average molecular weight is 341 g/mol. The second-order valence-corrected chi connectivity index (χ2v) is 6.48. The van der Waals surface area contributed by atoms with Gasteiger partial charge in [-0.05, 0) is 44.5 Å². The van der Waals surface area contributed by atoms with Crippen LogP contribution in [0.25, 0.3) is 11.4 Å². The summed E-state index contributed by atoms with van der Waals surface area (Å²) in [6.07, 6.45) is 1.87. The summed E-state index contributed by atoms with van der Waals surface area (Å²) in [5.41, 5.74) is 2.93. The Morgan fingerprint density at radius 2 is 2.04 bits per heavy atom. The van der Waals surface area contributed by atoms with Gasteiger partial charge in [0.1, 0.15) is 17.4 Å². The number of aryl methyl sites for hydroxylation is 3. The van der Waals surface area contributed by atoms with Gasteiger partial charge in [0, 0.05) is 36.7 Å². The van der Waals surface area contributed by atoms with Gasteiger partial charge < -0.3 is 14.4 Å². The van der Waals surface area contributed by atoms with Crippen LogP contribution in [-0.2, 0) is 19.5 Å². The Balaban J connectivity index is 1.51. The fraction of sp³-hybridized carbons (Fsp3) is 0.389. The number of nitrogens with one attached hydrogen (secondary N) is 1. The Bertz CT molecular complexity index is 864. The van der Waals surface area contributed by atoms with Crippen molar-refractivity contribution in [2.24, 2.45) is 0 Å². The number of benzene rings is 1. The summed E-state index contributed by atoms with van der Waals surface area (Å²) in [5, 5.41) is 16.2. The highest BCUT2D eigenvalue weighted by molar-refractivity contribution is 5.55. The van der Waals surface area contributed by atoms with Gasteiger partial charge in [0.2, 0.25) is 0 Å². The van der Waals surface area contributed by atoms with Gasteiger partial charge in [-0.2, -0.15) is 0 Å². The molecule has 1 aromatic carbocycles. The van der Waals surface area contributed by atoms with Gasteiger partial charge in [-0.25, -0.2) is 4.39 Å². The first-order valence-electron chi connectivity index (χ1n) is 8.45. The Kier molecular flexibility index (Phi) is 4.09. The van der Waals surface area contributed by atoms with Crippen LogP contribution < -0.4 is 5.32 Å². The average Bonchev–Trinajstić information content (AvgIpc) is 3.17. The smallest absolute Gasteiger partial charge is 0.164 e. The number of aromatic nitrogens is 4. The molecule has 0 amide bonds. The first-order valence-corrected chi connectivity index (χ1v) is 8.45. The van der Waals surface area contributed by atoms with Crippen LogP contribution in [0.15, 0.2) is 28.8 Å². The van der Waals surface area contributed by atoms with Gasteiger partial charge in [0.05, 0.1) is 5.69 Å². The van der Waals surface area contributed by atoms with E-state index in [2.05, 4.69) is 25.2 Å². The molecule has 0 saturated carbocycles. The van der Waals surface area contributed by atoms with E-state index in [-0.39, 0.29) is 5.82 Å². The highest BCUT2D eigenvalue weighted by Crippen LogP contribution is 2.24. The summed E-state index contributed by atoms with van der Waals surface area (Å²) in [7, 11) is 0. The van der Waals surface area contributed by atoms with Gasteiger partial charge in [0.25, 0.3) is 0 Å². The first kappa shape index (κ1) is 16.0. The second kappa shape index (κ2) is 6.40. The fourth-order valence-corrected chi connectivity index (χ4v) is 3.31. The van der Waals surface area contributed by atoms with E-state index in [1.54, 1.807) is 12.1 Å². The van der Waals surface area contributed by atoms with Crippen molar-refractivity contribution in [1.29, 1.82) is 0 Å². The maximum atomic E-state index is 13.2. The summed E-state index contributed by atoms with van der Waals surface area (Å²) in [6.45, 7) is 5.41. The molecule has 0 bridgehead atoms. The normalized spacial score (nSPS) is 16.8. The van der Waals surface area contributed by atoms with Crippen LogP contribution in [0.2, 0.25) is 0 Å². The van der Waals surface area contributed by atoms with E-state index in [0.717, 1.165) is 60.2 Å². The van der Waals surface area contributed by atoms with Crippen LogP contribution in [0.1, 0.15) is 29.3 Å². The maximum absolute atomic E-state index is 13.2. The Hall–Kier alpha value is -2.54. The summed E-state index contributed by atoms with van der Waals surface area (Å²) in [6, 6.07) is 6.71. The molecule has 1 aliphatic rings. The van der Waals surface area contributed by atoms with Crippen LogP contribution >= 0.6 is 0 Å². The lowest BCUT2D eigenvalue weighted by Gasteiger charge is -2.25. The van der Waals surface area contributed by atoms with Crippen LogP contribution in [0, 0.1) is 19.7 Å². The van der Waals surface area contributed by atoms with Gasteiger partial charge >= 0.3 is 0 Å². The largest absolute Gasteiger partial charge is 0.361 e. The third-order valence-electron chi connectivity index (χ3n) is 4.80. The van der Waals surface area contributed by atoms with Gasteiger partial charge in [-0.1, -0.05) is 5.16 Å². The van der Waals surface area contributed by atoms with Crippen LogP contribution in [0.5, 0.6) is 0 Å². The zero-order valence-electron chi connectivity index (χ0n) is 14.3. The van der Waals surface area contributed by atoms with Crippen LogP contribution in [0.3, 0.4) is 0 Å². The molecular formula is C18H20FN5O. The molecule has 0 saturated heterocycles. The van der Waals surface area contributed by atoms with Gasteiger partial charge in [-0.3, -0.25) is 0 Å². The minimum Gasteiger partial charge on any atom is -0.361 e. The quantitative estimate of drug-likeness (QED) is 0.790. The van der Waals surface area contributed by atoms with Crippen molar-refractivity contribution < 1.29 is 8.91 Å². The molecule has 2 aromatic heterocycles. The molecule has 1 atom stereocenters. The SMILES string of the molecule is Cc1noc(C)c1CN[C@H]1CCc2nnc(-c3ccc(F)cc3)n2C1. The molecule has 1 aliphatic heterocycles. The predicted octanol–water partition coefficient (Wildman–Crippen LogP) is 2.79. The van der Waals surface area contributed by atoms with E-state index in [1.807, 2.05) is 13.8 Å². The molecule has 6 nitrogen and oxygen atoms in total. The van der Waals surface area contributed by atoms with E-state index in [4.69, 9.17) is 4.52 Å². The molecule has 0 fully saturated rings. The molecule has 1 N–H and O–H groups in total. The summed E-state index contributed by atoms with van der Waals surface area (Å²) < 4.78 is 20.5. The molecule has 3 heterocycles. The Morgan fingerprint density at radius 3 is 2.76 bits per heavy atom. The lowest BCUT2D eigenvalue weighted by molar-refractivity contribution is 0.375. The van der Waals surface area contributed by atoms with Crippen molar-refractivity contribution in [1.82, 2.24) is 25.2 Å². The van der Waals surface area contributed by atoms with E-state index in [1.165, 1.54) is 12.1 Å². The summed E-state index contributed by atoms with van der Waals surface area (Å²) in [5.74, 6) is 2.38. The van der Waals surface area contributed by atoms with Crippen molar-refractivity contribution in [2.45, 2.75) is 45.8 Å². The number of rotatable bonds is 4. The van der Waals surface area contributed by atoms with Crippen molar-refractivity contribution in [3.05, 3.63) is 52.9 Å². The predicted molar refractivity (Wildman–Crippen MR) is 90.3 cm³/mol. The highest BCUT2D eigenvalue weighted by atomic mass is 19.1. The molecule has 4 rings (SSSR count). The standard InChI is InChI=1S/C18H20FN5O/c1-11-16(12(2)25-23-11)9-20-15-7-8-17-21-22-18(24(17)10-15)13-3-5-14(19)6-4-13/h3-6,15,20H,7-10H2,1-2H3/t15-/m0/s1. The lowest BCUT2D eigenvalue weighted by atomic mass is 10.1. The number of hydrogen-bond acceptors (Lipinski definition) is 5. The van der Waals surface area contributed by atoms with Crippen LogP contribution in [-0.4, -0.2) is 26.0 Å². The third-order valence-corrected chi connectivity index (χ3v) is 4.80. The molecule has 130 valence electrons. The molecule has 0 spiro atoms. The van der Waals surface area contributed by atoms with Crippen molar-refractivity contribution in [3.8, 4) is 11.4 Å².